The van der Waals surface area contributed by atoms with Crippen LogP contribution in [-0.2, 0) is 6.42 Å². The predicted octanol–water partition coefficient (Wildman–Crippen LogP) is 1.50. The second kappa shape index (κ2) is 4.04. The smallest absolute Gasteiger partial charge is 0.224 e. The van der Waals surface area contributed by atoms with Crippen LogP contribution in [0.25, 0.3) is 0 Å². The maximum Gasteiger partial charge on any atom is 0.224 e. The van der Waals surface area contributed by atoms with Crippen LogP contribution in [0.5, 0.6) is 0 Å². The van der Waals surface area contributed by atoms with E-state index in [9.17, 15) is 0 Å². The van der Waals surface area contributed by atoms with E-state index in [0.29, 0.717) is 0 Å². The standard InChI is InChI=1S/C9H15N3/c1-4-5-8-6-7-10-9(11-8)12(2)3/h6-7H,4-5H2,1-3H3. The summed E-state index contributed by atoms with van der Waals surface area (Å²) in [6, 6.07) is 1.97. The summed E-state index contributed by atoms with van der Waals surface area (Å²) in [5.41, 5.74) is 1.12. The molecular weight excluding hydrogens is 150 g/mol. The number of rotatable bonds is 3. The minimum atomic E-state index is 0.793. The number of anilines is 1. The van der Waals surface area contributed by atoms with Crippen LogP contribution in [0.15, 0.2) is 12.3 Å². The van der Waals surface area contributed by atoms with Crippen LogP contribution in [0.1, 0.15) is 19.0 Å². The molecule has 0 radical (unpaired) electrons. The van der Waals surface area contributed by atoms with Gasteiger partial charge >= 0.3 is 0 Å². The molecule has 1 aromatic rings. The molecule has 0 aliphatic carbocycles. The van der Waals surface area contributed by atoms with Gasteiger partial charge in [-0.05, 0) is 12.5 Å². The SMILES string of the molecule is CCCc1ccnc(N(C)C)n1. The van der Waals surface area contributed by atoms with E-state index in [1.165, 1.54) is 0 Å². The van der Waals surface area contributed by atoms with E-state index in [0.717, 1.165) is 24.5 Å². The van der Waals surface area contributed by atoms with E-state index in [-0.39, 0.29) is 0 Å². The van der Waals surface area contributed by atoms with Gasteiger partial charge in [-0.25, -0.2) is 9.97 Å². The molecule has 0 aliphatic rings. The number of hydrogen-bond acceptors (Lipinski definition) is 3. The van der Waals surface area contributed by atoms with Crippen LogP contribution < -0.4 is 4.90 Å². The van der Waals surface area contributed by atoms with Gasteiger partial charge in [-0.2, -0.15) is 0 Å². The highest BCUT2D eigenvalue weighted by Crippen LogP contribution is 2.04. The van der Waals surface area contributed by atoms with Crippen molar-refractivity contribution >= 4 is 5.95 Å². The van der Waals surface area contributed by atoms with Crippen LogP contribution in [-0.4, -0.2) is 24.1 Å². The Labute approximate surface area is 73.5 Å². The van der Waals surface area contributed by atoms with Crippen molar-refractivity contribution in [3.05, 3.63) is 18.0 Å². The Balaban J connectivity index is 2.81. The Morgan fingerprint density at radius 3 is 2.75 bits per heavy atom. The van der Waals surface area contributed by atoms with E-state index >= 15 is 0 Å². The average molecular weight is 165 g/mol. The predicted molar refractivity (Wildman–Crippen MR) is 50.4 cm³/mol. The molecule has 12 heavy (non-hydrogen) atoms. The molecule has 0 saturated carbocycles. The molecule has 3 nitrogen and oxygen atoms in total. The van der Waals surface area contributed by atoms with Crippen molar-refractivity contribution < 1.29 is 0 Å². The lowest BCUT2D eigenvalue weighted by Gasteiger charge is -2.09. The van der Waals surface area contributed by atoms with Crippen LogP contribution in [0.3, 0.4) is 0 Å². The monoisotopic (exact) mass is 165 g/mol. The number of hydrogen-bond donors (Lipinski definition) is 0. The van der Waals surface area contributed by atoms with Crippen molar-refractivity contribution in [3.8, 4) is 0 Å². The molecule has 0 amide bonds. The van der Waals surface area contributed by atoms with E-state index in [4.69, 9.17) is 0 Å². The van der Waals surface area contributed by atoms with Gasteiger partial charge in [0.15, 0.2) is 0 Å². The summed E-state index contributed by atoms with van der Waals surface area (Å²) in [6.07, 6.45) is 3.97. The summed E-state index contributed by atoms with van der Waals surface area (Å²) in [4.78, 5) is 10.4. The molecule has 0 atom stereocenters. The highest BCUT2D eigenvalue weighted by molar-refractivity contribution is 5.26. The zero-order valence-corrected chi connectivity index (χ0v) is 7.91. The summed E-state index contributed by atoms with van der Waals surface area (Å²) in [7, 11) is 3.90. The molecule has 1 heterocycles. The third-order valence-corrected chi connectivity index (χ3v) is 1.61. The molecule has 0 aliphatic heterocycles. The summed E-state index contributed by atoms with van der Waals surface area (Å²) < 4.78 is 0. The first-order valence-electron chi connectivity index (χ1n) is 4.23. The van der Waals surface area contributed by atoms with Crippen LogP contribution >= 0.6 is 0 Å². The second-order valence-electron chi connectivity index (χ2n) is 2.99. The zero-order valence-electron chi connectivity index (χ0n) is 7.91. The molecule has 0 spiro atoms. The first kappa shape index (κ1) is 8.97. The fraction of sp³-hybridized carbons (Fsp3) is 0.556. The topological polar surface area (TPSA) is 29.0 Å². The van der Waals surface area contributed by atoms with Gasteiger partial charge in [0.1, 0.15) is 0 Å². The lowest BCUT2D eigenvalue weighted by molar-refractivity contribution is 0.860. The van der Waals surface area contributed by atoms with Gasteiger partial charge in [0.25, 0.3) is 0 Å². The van der Waals surface area contributed by atoms with E-state index in [1.807, 2.05) is 31.3 Å². The van der Waals surface area contributed by atoms with Gasteiger partial charge in [0, 0.05) is 26.0 Å². The summed E-state index contributed by atoms with van der Waals surface area (Å²) in [5.74, 6) is 0.793. The second-order valence-corrected chi connectivity index (χ2v) is 2.99. The minimum Gasteiger partial charge on any atom is -0.347 e. The van der Waals surface area contributed by atoms with E-state index < -0.39 is 0 Å². The molecule has 0 bridgehead atoms. The fourth-order valence-corrected chi connectivity index (χ4v) is 0.995. The van der Waals surface area contributed by atoms with Gasteiger partial charge in [-0.1, -0.05) is 13.3 Å². The highest BCUT2D eigenvalue weighted by atomic mass is 15.2. The molecular formula is C9H15N3. The summed E-state index contributed by atoms with van der Waals surface area (Å²) >= 11 is 0. The molecule has 0 fully saturated rings. The Hall–Kier alpha value is -1.12. The molecule has 0 unspecified atom stereocenters. The van der Waals surface area contributed by atoms with Crippen LogP contribution in [0.2, 0.25) is 0 Å². The third kappa shape index (κ3) is 2.19. The normalized spacial score (nSPS) is 9.92. The minimum absolute atomic E-state index is 0.793. The fourth-order valence-electron chi connectivity index (χ4n) is 0.995. The molecule has 1 rings (SSSR count). The maximum absolute atomic E-state index is 4.38. The summed E-state index contributed by atoms with van der Waals surface area (Å²) in [5, 5.41) is 0. The molecule has 0 saturated heterocycles. The molecule has 66 valence electrons. The van der Waals surface area contributed by atoms with Crippen molar-refractivity contribution in [1.29, 1.82) is 0 Å². The quantitative estimate of drug-likeness (QED) is 0.679. The van der Waals surface area contributed by atoms with Crippen molar-refractivity contribution in [2.24, 2.45) is 0 Å². The molecule has 0 N–H and O–H groups in total. The largest absolute Gasteiger partial charge is 0.347 e. The van der Waals surface area contributed by atoms with Crippen molar-refractivity contribution in [2.45, 2.75) is 19.8 Å². The lowest BCUT2D eigenvalue weighted by Crippen LogP contribution is -2.13. The maximum atomic E-state index is 4.38. The Morgan fingerprint density at radius 1 is 1.42 bits per heavy atom. The van der Waals surface area contributed by atoms with Gasteiger partial charge in [0.2, 0.25) is 5.95 Å². The first-order valence-corrected chi connectivity index (χ1v) is 4.23. The van der Waals surface area contributed by atoms with Crippen molar-refractivity contribution in [1.82, 2.24) is 9.97 Å². The van der Waals surface area contributed by atoms with Crippen molar-refractivity contribution in [3.63, 3.8) is 0 Å². The number of nitrogens with zero attached hydrogens (tertiary/aromatic N) is 3. The Morgan fingerprint density at radius 2 is 2.17 bits per heavy atom. The van der Waals surface area contributed by atoms with Gasteiger partial charge in [0.05, 0.1) is 0 Å². The van der Waals surface area contributed by atoms with Gasteiger partial charge < -0.3 is 4.90 Å². The van der Waals surface area contributed by atoms with E-state index in [2.05, 4.69) is 16.9 Å². The van der Waals surface area contributed by atoms with Gasteiger partial charge in [-0.15, -0.1) is 0 Å². The van der Waals surface area contributed by atoms with Gasteiger partial charge in [-0.3, -0.25) is 0 Å². The summed E-state index contributed by atoms with van der Waals surface area (Å²) in [6.45, 7) is 2.15. The molecule has 0 aromatic carbocycles. The molecule has 1 aromatic heterocycles. The van der Waals surface area contributed by atoms with Crippen molar-refractivity contribution in [2.75, 3.05) is 19.0 Å². The van der Waals surface area contributed by atoms with Crippen LogP contribution in [0, 0.1) is 0 Å². The number of aromatic nitrogens is 2. The Kier molecular flexibility index (Phi) is 3.02. The number of aryl methyl sites for hydroxylation is 1. The average Bonchev–Trinajstić information content (AvgIpc) is 2.05. The first-order chi connectivity index (χ1) is 5.74. The van der Waals surface area contributed by atoms with Crippen LogP contribution in [0.4, 0.5) is 5.95 Å². The Bertz CT molecular complexity index is 245. The highest BCUT2D eigenvalue weighted by Gasteiger charge is 1.99. The van der Waals surface area contributed by atoms with E-state index in [1.54, 1.807) is 0 Å². The zero-order chi connectivity index (χ0) is 8.97. The molecule has 3 heteroatoms. The third-order valence-electron chi connectivity index (χ3n) is 1.61. The lowest BCUT2D eigenvalue weighted by atomic mass is 10.2.